The molecule has 1 heterocycles. The minimum absolute atomic E-state index is 0.0337. The fraction of sp³-hybridized carbons (Fsp3) is 0.500. The van der Waals surface area contributed by atoms with Crippen LogP contribution >= 0.6 is 0 Å². The summed E-state index contributed by atoms with van der Waals surface area (Å²) in [4.78, 5) is 49.9. The minimum Gasteiger partial charge on any atom is -0.508 e. The Bertz CT molecular complexity index is 1430. The van der Waals surface area contributed by atoms with E-state index in [1.807, 2.05) is 0 Å². The lowest BCUT2D eigenvalue weighted by molar-refractivity contribution is -0.424. The number of Topliss-reactive ketones (excluding diaryl/α,β-unsaturated/α-hetero) is 2. The fourth-order valence-corrected chi connectivity index (χ4v) is 5.84. The van der Waals surface area contributed by atoms with Crippen LogP contribution in [0.1, 0.15) is 77.1 Å². The SMILES string of the molecule is CN[C@]1(C)C[C@H](OO[C@@H]2CC(O)(C(=O)CO)Cc3c(O)c(C(=O)c4cccc(OC)c4C(C)=O)cc(O)c32)OC(C)[C@H]1O. The van der Waals surface area contributed by atoms with E-state index in [1.54, 1.807) is 20.9 Å². The number of hydrogen-bond acceptors (Lipinski definition) is 13. The number of benzene rings is 2. The highest BCUT2D eigenvalue weighted by Crippen LogP contribution is 2.48. The number of carbonyl (C=O) groups excluding carboxylic acids is 3. The number of carbonyl (C=O) groups is 3. The van der Waals surface area contributed by atoms with E-state index in [0.717, 1.165) is 6.07 Å². The van der Waals surface area contributed by atoms with E-state index in [2.05, 4.69) is 5.32 Å². The standard InChI is InChI=1S/C30H37NO12/c1-14(33)24-16(7-6-8-20(24)40-5)26(36)17-9-19(34)25-18(27(17)37)10-30(39,22(35)13-32)11-21(25)42-43-23-12-29(3,31-4)28(38)15(2)41-23/h6-9,15,21,23,28,31-32,34,37-39H,10-13H2,1-5H3/t15?,21-,23+,28-,29-,30?/m1/s1. The van der Waals surface area contributed by atoms with Crippen LogP contribution in [-0.4, -0.2) is 93.3 Å². The average molecular weight is 604 g/mol. The van der Waals surface area contributed by atoms with Crippen LogP contribution in [0.5, 0.6) is 17.2 Å². The van der Waals surface area contributed by atoms with Crippen molar-refractivity contribution < 1.29 is 59.2 Å². The molecule has 0 amide bonds. The number of aliphatic hydroxyl groups is 3. The molecule has 0 bridgehead atoms. The summed E-state index contributed by atoms with van der Waals surface area (Å²) in [5, 5.41) is 56.9. The molecular formula is C30H37NO12. The molecule has 13 heteroatoms. The zero-order chi connectivity index (χ0) is 31.9. The van der Waals surface area contributed by atoms with Gasteiger partial charge in [-0.3, -0.25) is 14.4 Å². The lowest BCUT2D eigenvalue weighted by Crippen LogP contribution is -2.61. The van der Waals surface area contributed by atoms with Gasteiger partial charge in [-0.15, -0.1) is 0 Å². The van der Waals surface area contributed by atoms with Gasteiger partial charge in [0.25, 0.3) is 0 Å². The molecule has 2 aromatic carbocycles. The van der Waals surface area contributed by atoms with Gasteiger partial charge in [0, 0.05) is 41.5 Å². The molecule has 1 fully saturated rings. The number of phenols is 2. The highest BCUT2D eigenvalue weighted by molar-refractivity contribution is 6.17. The molecule has 43 heavy (non-hydrogen) atoms. The van der Waals surface area contributed by atoms with Crippen LogP contribution in [0.25, 0.3) is 0 Å². The number of aromatic hydroxyl groups is 2. The largest absolute Gasteiger partial charge is 0.508 e. The Kier molecular flexibility index (Phi) is 9.28. The predicted octanol–water partition coefficient (Wildman–Crippen LogP) is 1.24. The van der Waals surface area contributed by atoms with Crippen molar-refractivity contribution in [3.8, 4) is 17.2 Å². The maximum absolute atomic E-state index is 13.7. The van der Waals surface area contributed by atoms with Crippen molar-refractivity contribution in [1.82, 2.24) is 5.32 Å². The third-order valence-electron chi connectivity index (χ3n) is 8.39. The summed E-state index contributed by atoms with van der Waals surface area (Å²) in [5.74, 6) is -3.33. The number of phenolic OH excluding ortho intramolecular Hbond substituents is 2. The van der Waals surface area contributed by atoms with Crippen molar-refractivity contribution in [2.45, 2.75) is 75.8 Å². The van der Waals surface area contributed by atoms with Gasteiger partial charge in [-0.25, -0.2) is 9.78 Å². The summed E-state index contributed by atoms with van der Waals surface area (Å²) in [5.41, 5.74) is -3.86. The molecule has 1 saturated heterocycles. The van der Waals surface area contributed by atoms with Crippen molar-refractivity contribution >= 4 is 17.3 Å². The number of rotatable bonds is 10. The number of methoxy groups -OCH3 is 1. The van der Waals surface area contributed by atoms with E-state index in [0.29, 0.717) is 0 Å². The molecular weight excluding hydrogens is 566 g/mol. The first kappa shape index (κ1) is 32.5. The van der Waals surface area contributed by atoms with Gasteiger partial charge in [-0.2, -0.15) is 0 Å². The molecule has 1 aliphatic heterocycles. The molecule has 1 aliphatic carbocycles. The highest BCUT2D eigenvalue weighted by Gasteiger charge is 2.48. The molecule has 2 aliphatic rings. The molecule has 4 rings (SSSR count). The zero-order valence-electron chi connectivity index (χ0n) is 24.5. The quantitative estimate of drug-likeness (QED) is 0.0981. The molecule has 6 N–H and O–H groups in total. The van der Waals surface area contributed by atoms with Crippen LogP contribution in [0.4, 0.5) is 0 Å². The van der Waals surface area contributed by atoms with Crippen molar-refractivity contribution in [3.05, 3.63) is 52.1 Å². The van der Waals surface area contributed by atoms with E-state index in [1.165, 1.54) is 32.2 Å². The van der Waals surface area contributed by atoms with E-state index in [9.17, 15) is 39.9 Å². The molecule has 2 aromatic rings. The van der Waals surface area contributed by atoms with Crippen LogP contribution in [-0.2, 0) is 25.7 Å². The molecule has 0 radical (unpaired) electrons. The van der Waals surface area contributed by atoms with Gasteiger partial charge in [0.2, 0.25) is 0 Å². The molecule has 0 saturated carbocycles. The summed E-state index contributed by atoms with van der Waals surface area (Å²) in [6, 6.07) is 5.35. The third-order valence-corrected chi connectivity index (χ3v) is 8.39. The Labute approximate surface area is 247 Å². The number of hydrogen-bond donors (Lipinski definition) is 6. The van der Waals surface area contributed by atoms with Crippen LogP contribution in [0.3, 0.4) is 0 Å². The Hall–Kier alpha value is -3.43. The number of aliphatic hydroxyl groups excluding tert-OH is 2. The van der Waals surface area contributed by atoms with Gasteiger partial charge in [0.05, 0.1) is 30.4 Å². The lowest BCUT2D eigenvalue weighted by Gasteiger charge is -2.45. The van der Waals surface area contributed by atoms with Gasteiger partial charge in [-0.05, 0) is 40.0 Å². The average Bonchev–Trinajstić information content (AvgIpc) is 2.98. The van der Waals surface area contributed by atoms with Crippen molar-refractivity contribution in [3.63, 3.8) is 0 Å². The maximum atomic E-state index is 13.7. The van der Waals surface area contributed by atoms with Gasteiger partial charge >= 0.3 is 0 Å². The van der Waals surface area contributed by atoms with Crippen LogP contribution in [0, 0.1) is 0 Å². The number of likely N-dealkylation sites (N-methyl/N-ethyl adjacent to an activating group) is 1. The fourth-order valence-electron chi connectivity index (χ4n) is 5.84. The number of nitrogens with one attached hydrogen (secondary N) is 1. The van der Waals surface area contributed by atoms with Crippen molar-refractivity contribution in [2.24, 2.45) is 0 Å². The second-order valence-corrected chi connectivity index (χ2v) is 11.2. The van der Waals surface area contributed by atoms with E-state index >= 15 is 0 Å². The van der Waals surface area contributed by atoms with Crippen LogP contribution < -0.4 is 10.1 Å². The van der Waals surface area contributed by atoms with E-state index < -0.39 is 89.6 Å². The molecule has 0 aromatic heterocycles. The Morgan fingerprint density at radius 2 is 1.84 bits per heavy atom. The van der Waals surface area contributed by atoms with Gasteiger partial charge in [0.15, 0.2) is 23.6 Å². The Morgan fingerprint density at radius 1 is 1.14 bits per heavy atom. The molecule has 6 atom stereocenters. The van der Waals surface area contributed by atoms with Crippen molar-refractivity contribution in [1.29, 1.82) is 0 Å². The van der Waals surface area contributed by atoms with Gasteiger partial charge in [0.1, 0.15) is 35.6 Å². The van der Waals surface area contributed by atoms with E-state index in [4.69, 9.17) is 19.2 Å². The first-order valence-electron chi connectivity index (χ1n) is 13.7. The number of fused-ring (bicyclic) bond motifs is 1. The molecule has 234 valence electrons. The molecule has 0 spiro atoms. The Balaban J connectivity index is 1.76. The summed E-state index contributed by atoms with van der Waals surface area (Å²) in [6.07, 6.45) is -4.82. The van der Waals surface area contributed by atoms with Gasteiger partial charge < -0.3 is 40.3 Å². The monoisotopic (exact) mass is 603 g/mol. The van der Waals surface area contributed by atoms with Crippen LogP contribution in [0.15, 0.2) is 24.3 Å². The highest BCUT2D eigenvalue weighted by atomic mass is 17.2. The predicted molar refractivity (Wildman–Crippen MR) is 149 cm³/mol. The lowest BCUT2D eigenvalue weighted by atomic mass is 9.75. The van der Waals surface area contributed by atoms with Gasteiger partial charge in [-0.1, -0.05) is 12.1 Å². The number of ketones is 3. The maximum Gasteiger partial charge on any atom is 0.197 e. The van der Waals surface area contributed by atoms with Crippen molar-refractivity contribution in [2.75, 3.05) is 20.8 Å². The molecule has 13 nitrogen and oxygen atoms in total. The number of ether oxygens (including phenoxy) is 2. The molecule has 2 unspecified atom stereocenters. The summed E-state index contributed by atoms with van der Waals surface area (Å²) in [7, 11) is 3.00. The minimum atomic E-state index is -2.27. The summed E-state index contributed by atoms with van der Waals surface area (Å²) in [6.45, 7) is 3.63. The second-order valence-electron chi connectivity index (χ2n) is 11.2. The van der Waals surface area contributed by atoms with E-state index in [-0.39, 0.29) is 34.4 Å². The summed E-state index contributed by atoms with van der Waals surface area (Å²) >= 11 is 0. The summed E-state index contributed by atoms with van der Waals surface area (Å²) < 4.78 is 10.9. The normalized spacial score (nSPS) is 28.7. The first-order chi connectivity index (χ1) is 20.2. The Morgan fingerprint density at radius 3 is 2.44 bits per heavy atom. The smallest absolute Gasteiger partial charge is 0.197 e. The zero-order valence-corrected chi connectivity index (χ0v) is 24.5. The van der Waals surface area contributed by atoms with Crippen LogP contribution in [0.2, 0.25) is 0 Å². The third kappa shape index (κ3) is 5.89. The topological polar surface area (TPSA) is 201 Å². The first-order valence-corrected chi connectivity index (χ1v) is 13.7. The second kappa shape index (κ2) is 12.3.